The van der Waals surface area contributed by atoms with Crippen molar-refractivity contribution in [2.24, 2.45) is 0 Å². The van der Waals surface area contributed by atoms with Crippen molar-refractivity contribution in [3.63, 3.8) is 0 Å². The first-order chi connectivity index (χ1) is 18.1. The number of para-hydroxylation sites is 2. The van der Waals surface area contributed by atoms with Gasteiger partial charge in [0.15, 0.2) is 15.8 Å². The Kier molecular flexibility index (Phi) is 7.44. The van der Waals surface area contributed by atoms with Gasteiger partial charge in [-0.2, -0.15) is 0 Å². The van der Waals surface area contributed by atoms with Crippen LogP contribution < -0.4 is 19.1 Å². The van der Waals surface area contributed by atoms with Crippen LogP contribution in [0.15, 0.2) is 89.8 Å². The Bertz CT molecular complexity index is 1510. The van der Waals surface area contributed by atoms with Crippen molar-refractivity contribution in [2.75, 3.05) is 18.6 Å². The molecule has 1 heterocycles. The molecule has 0 bridgehead atoms. The lowest BCUT2D eigenvalue weighted by Gasteiger charge is -2.17. The fourth-order valence-electron chi connectivity index (χ4n) is 4.22. The van der Waals surface area contributed by atoms with E-state index in [1.165, 1.54) is 22.0 Å². The molecule has 0 N–H and O–H groups in total. The Morgan fingerprint density at radius 1 is 0.892 bits per heavy atom. The quantitative estimate of drug-likeness (QED) is 0.178. The number of carbonyl (C=O) groups excluding carboxylic acids is 1. The van der Waals surface area contributed by atoms with Gasteiger partial charge >= 0.3 is 0 Å². The molecule has 0 spiro atoms. The number of amides is 1. The largest absolute Gasteiger partial charge is 0.495 e. The van der Waals surface area contributed by atoms with Crippen LogP contribution in [0.1, 0.15) is 18.1 Å². The van der Waals surface area contributed by atoms with Crippen LogP contribution in [0.25, 0.3) is 16.8 Å². The number of thiocarbonyl (C=S) groups is 1. The van der Waals surface area contributed by atoms with Gasteiger partial charge in [0.05, 0.1) is 24.3 Å². The highest BCUT2D eigenvalue weighted by molar-refractivity contribution is 8.27. The van der Waals surface area contributed by atoms with Crippen molar-refractivity contribution in [1.82, 2.24) is 0 Å². The van der Waals surface area contributed by atoms with Crippen LogP contribution in [0, 0.1) is 0 Å². The SMILES string of the molecule is CCOc1cc(/C=C2/SC(=S)N(c3ccccc3OC)C2=O)ccc1OCc1cccc2ccccc12. The van der Waals surface area contributed by atoms with Gasteiger partial charge in [-0.15, -0.1) is 0 Å². The van der Waals surface area contributed by atoms with Crippen LogP contribution in [-0.4, -0.2) is 23.9 Å². The number of hydrogen-bond donors (Lipinski definition) is 0. The summed E-state index contributed by atoms with van der Waals surface area (Å²) in [6, 6.07) is 27.5. The van der Waals surface area contributed by atoms with Gasteiger partial charge in [0.25, 0.3) is 5.91 Å². The fourth-order valence-corrected chi connectivity index (χ4v) is 5.50. The maximum atomic E-state index is 13.3. The summed E-state index contributed by atoms with van der Waals surface area (Å²) in [5, 5.41) is 2.34. The van der Waals surface area contributed by atoms with Crippen LogP contribution in [0.5, 0.6) is 17.2 Å². The second kappa shape index (κ2) is 11.1. The van der Waals surface area contributed by atoms with Crippen LogP contribution in [0.2, 0.25) is 0 Å². The van der Waals surface area contributed by atoms with Crippen molar-refractivity contribution in [2.45, 2.75) is 13.5 Å². The molecule has 4 aromatic carbocycles. The van der Waals surface area contributed by atoms with Crippen LogP contribution >= 0.6 is 24.0 Å². The summed E-state index contributed by atoms with van der Waals surface area (Å²) in [5.41, 5.74) is 2.55. The summed E-state index contributed by atoms with van der Waals surface area (Å²) >= 11 is 6.79. The third kappa shape index (κ3) is 5.19. The minimum atomic E-state index is -0.186. The molecule has 0 aromatic heterocycles. The topological polar surface area (TPSA) is 48.0 Å². The molecule has 4 aromatic rings. The molecule has 186 valence electrons. The number of hydrogen-bond acceptors (Lipinski definition) is 6. The second-order valence-electron chi connectivity index (χ2n) is 8.26. The maximum Gasteiger partial charge on any atom is 0.270 e. The molecule has 0 aliphatic carbocycles. The van der Waals surface area contributed by atoms with Gasteiger partial charge in [-0.1, -0.05) is 84.6 Å². The minimum absolute atomic E-state index is 0.186. The molecule has 0 radical (unpaired) electrons. The zero-order chi connectivity index (χ0) is 25.8. The Morgan fingerprint density at radius 3 is 2.51 bits per heavy atom. The molecule has 1 aliphatic rings. The fraction of sp³-hybridized carbons (Fsp3) is 0.133. The van der Waals surface area contributed by atoms with Gasteiger partial charge in [0.2, 0.25) is 0 Å². The number of fused-ring (bicyclic) bond motifs is 1. The minimum Gasteiger partial charge on any atom is -0.495 e. The summed E-state index contributed by atoms with van der Waals surface area (Å²) in [6.45, 7) is 2.84. The standard InChI is InChI=1S/C30H25NO4S2/c1-3-34-27-17-20(15-16-26(27)35-19-22-11-8-10-21-9-4-5-12-23(21)22)18-28-29(32)31(30(36)37-28)24-13-6-7-14-25(24)33-2/h4-18H,3,19H2,1-2H3/b28-18+. The van der Waals surface area contributed by atoms with Gasteiger partial charge in [-0.3, -0.25) is 9.69 Å². The Balaban J connectivity index is 1.39. The smallest absolute Gasteiger partial charge is 0.270 e. The molecule has 5 rings (SSSR count). The van der Waals surface area contributed by atoms with E-state index < -0.39 is 0 Å². The third-order valence-electron chi connectivity index (χ3n) is 5.95. The number of nitrogens with zero attached hydrogens (tertiary/aromatic N) is 1. The highest BCUT2D eigenvalue weighted by atomic mass is 32.2. The maximum absolute atomic E-state index is 13.3. The normalized spacial score (nSPS) is 14.4. The van der Waals surface area contributed by atoms with E-state index in [0.717, 1.165) is 16.5 Å². The summed E-state index contributed by atoms with van der Waals surface area (Å²) < 4.78 is 18.0. The molecule has 7 heteroatoms. The van der Waals surface area contributed by atoms with E-state index in [4.69, 9.17) is 26.4 Å². The Hall–Kier alpha value is -3.81. The van der Waals surface area contributed by atoms with Crippen LogP contribution in [-0.2, 0) is 11.4 Å². The Morgan fingerprint density at radius 2 is 1.68 bits per heavy atom. The van der Waals surface area contributed by atoms with Crippen molar-refractivity contribution >= 4 is 56.7 Å². The monoisotopic (exact) mass is 527 g/mol. The second-order valence-corrected chi connectivity index (χ2v) is 9.93. The third-order valence-corrected chi connectivity index (χ3v) is 7.25. The predicted octanol–water partition coefficient (Wildman–Crippen LogP) is 7.23. The molecule has 0 atom stereocenters. The van der Waals surface area contributed by atoms with E-state index in [9.17, 15) is 4.79 Å². The molecule has 1 saturated heterocycles. The van der Waals surface area contributed by atoms with Crippen molar-refractivity contribution in [3.05, 3.63) is 101 Å². The molecular weight excluding hydrogens is 502 g/mol. The molecule has 5 nitrogen and oxygen atoms in total. The van der Waals surface area contributed by atoms with E-state index in [1.54, 1.807) is 7.11 Å². The van der Waals surface area contributed by atoms with Crippen molar-refractivity contribution in [3.8, 4) is 17.2 Å². The lowest BCUT2D eigenvalue weighted by atomic mass is 10.1. The zero-order valence-electron chi connectivity index (χ0n) is 20.5. The first kappa shape index (κ1) is 24.9. The van der Waals surface area contributed by atoms with Gasteiger partial charge < -0.3 is 14.2 Å². The van der Waals surface area contributed by atoms with Crippen molar-refractivity contribution < 1.29 is 19.0 Å². The summed E-state index contributed by atoms with van der Waals surface area (Å²) in [6.07, 6.45) is 1.83. The van der Waals surface area contributed by atoms with E-state index >= 15 is 0 Å². The molecule has 37 heavy (non-hydrogen) atoms. The average molecular weight is 528 g/mol. The number of anilines is 1. The summed E-state index contributed by atoms with van der Waals surface area (Å²) in [5.74, 6) is 1.67. The average Bonchev–Trinajstić information content (AvgIpc) is 3.20. The lowest BCUT2D eigenvalue weighted by Crippen LogP contribution is -2.27. The van der Waals surface area contributed by atoms with Gasteiger partial charge in [-0.05, 0) is 59.2 Å². The number of methoxy groups -OCH3 is 1. The number of ether oxygens (including phenoxy) is 3. The summed E-state index contributed by atoms with van der Waals surface area (Å²) in [7, 11) is 1.57. The highest BCUT2D eigenvalue weighted by Crippen LogP contribution is 2.40. The number of carbonyl (C=O) groups is 1. The van der Waals surface area contributed by atoms with E-state index in [2.05, 4.69) is 24.3 Å². The number of rotatable bonds is 8. The van der Waals surface area contributed by atoms with E-state index in [0.29, 0.717) is 45.4 Å². The van der Waals surface area contributed by atoms with Crippen LogP contribution in [0.4, 0.5) is 5.69 Å². The predicted molar refractivity (Wildman–Crippen MR) is 155 cm³/mol. The van der Waals surface area contributed by atoms with Crippen LogP contribution in [0.3, 0.4) is 0 Å². The van der Waals surface area contributed by atoms with Crippen molar-refractivity contribution in [1.29, 1.82) is 0 Å². The van der Waals surface area contributed by atoms with Gasteiger partial charge in [0.1, 0.15) is 12.4 Å². The van der Waals surface area contributed by atoms with Gasteiger partial charge in [-0.25, -0.2) is 0 Å². The zero-order valence-corrected chi connectivity index (χ0v) is 22.1. The highest BCUT2D eigenvalue weighted by Gasteiger charge is 2.34. The molecular formula is C30H25NO4S2. The lowest BCUT2D eigenvalue weighted by molar-refractivity contribution is -0.113. The molecule has 1 fully saturated rings. The number of benzene rings is 4. The molecule has 0 saturated carbocycles. The first-order valence-electron chi connectivity index (χ1n) is 11.9. The van der Waals surface area contributed by atoms with Gasteiger partial charge in [0, 0.05) is 0 Å². The number of thioether (sulfide) groups is 1. The molecule has 1 amide bonds. The van der Waals surface area contributed by atoms with E-state index in [-0.39, 0.29) is 5.91 Å². The summed E-state index contributed by atoms with van der Waals surface area (Å²) in [4.78, 5) is 15.3. The Labute approximate surface area is 225 Å². The first-order valence-corrected chi connectivity index (χ1v) is 13.1. The molecule has 0 unspecified atom stereocenters. The molecule has 1 aliphatic heterocycles. The van der Waals surface area contributed by atoms with E-state index in [1.807, 2.05) is 73.7 Å².